The van der Waals surface area contributed by atoms with Crippen LogP contribution >= 0.6 is 0 Å². The van der Waals surface area contributed by atoms with Gasteiger partial charge in [-0.15, -0.1) is 0 Å². The Bertz CT molecular complexity index is 329. The summed E-state index contributed by atoms with van der Waals surface area (Å²) in [7, 11) is 0. The minimum absolute atomic E-state index is 0.0592. The number of rotatable bonds is 3. The second-order valence-electron chi connectivity index (χ2n) is 4.35. The second kappa shape index (κ2) is 3.28. The SMILES string of the molecule is CC(C)Oc1cccc(C2(N)CC2)c1. The molecule has 0 heterocycles. The van der Waals surface area contributed by atoms with Crippen molar-refractivity contribution in [3.05, 3.63) is 29.8 Å². The number of ether oxygens (including phenoxy) is 1. The van der Waals surface area contributed by atoms with E-state index in [9.17, 15) is 0 Å². The summed E-state index contributed by atoms with van der Waals surface area (Å²) in [4.78, 5) is 0. The van der Waals surface area contributed by atoms with E-state index in [1.54, 1.807) is 0 Å². The highest BCUT2D eigenvalue weighted by atomic mass is 16.5. The summed E-state index contributed by atoms with van der Waals surface area (Å²) in [5.41, 5.74) is 7.26. The molecular formula is C12H17NO. The monoisotopic (exact) mass is 191 g/mol. The van der Waals surface area contributed by atoms with Crippen molar-refractivity contribution in [1.29, 1.82) is 0 Å². The third-order valence-corrected chi connectivity index (χ3v) is 2.57. The molecule has 14 heavy (non-hydrogen) atoms. The van der Waals surface area contributed by atoms with Gasteiger partial charge in [0.15, 0.2) is 0 Å². The predicted molar refractivity (Wildman–Crippen MR) is 57.3 cm³/mol. The standard InChI is InChI=1S/C12H17NO/c1-9(2)14-11-5-3-4-10(8-11)12(13)6-7-12/h3-5,8-9H,6-7,13H2,1-2H3. The highest BCUT2D eigenvalue weighted by Gasteiger charge is 2.39. The maximum absolute atomic E-state index is 6.11. The zero-order chi connectivity index (χ0) is 10.2. The van der Waals surface area contributed by atoms with Crippen molar-refractivity contribution in [2.24, 2.45) is 5.73 Å². The van der Waals surface area contributed by atoms with Crippen LogP contribution in [0.1, 0.15) is 32.3 Å². The van der Waals surface area contributed by atoms with E-state index in [-0.39, 0.29) is 11.6 Å². The van der Waals surface area contributed by atoms with Crippen molar-refractivity contribution >= 4 is 0 Å². The van der Waals surface area contributed by atoms with Crippen LogP contribution in [-0.4, -0.2) is 6.10 Å². The molecule has 1 aromatic carbocycles. The lowest BCUT2D eigenvalue weighted by molar-refractivity contribution is 0.242. The first-order chi connectivity index (χ1) is 6.60. The Labute approximate surface area is 85.1 Å². The van der Waals surface area contributed by atoms with Crippen LogP contribution in [0.5, 0.6) is 5.75 Å². The van der Waals surface area contributed by atoms with E-state index in [1.165, 1.54) is 5.56 Å². The van der Waals surface area contributed by atoms with Crippen molar-refractivity contribution in [3.63, 3.8) is 0 Å². The Morgan fingerprint density at radius 1 is 1.36 bits per heavy atom. The van der Waals surface area contributed by atoms with Crippen LogP contribution in [0, 0.1) is 0 Å². The third-order valence-electron chi connectivity index (χ3n) is 2.57. The highest BCUT2D eigenvalue weighted by molar-refractivity contribution is 5.36. The van der Waals surface area contributed by atoms with Crippen LogP contribution in [0.15, 0.2) is 24.3 Å². The molecule has 0 atom stereocenters. The summed E-state index contributed by atoms with van der Waals surface area (Å²) in [6.07, 6.45) is 2.41. The van der Waals surface area contributed by atoms with Gasteiger partial charge in [0.05, 0.1) is 6.10 Å². The number of hydrogen-bond donors (Lipinski definition) is 1. The molecule has 0 amide bonds. The molecular weight excluding hydrogens is 174 g/mol. The summed E-state index contributed by atoms with van der Waals surface area (Å²) < 4.78 is 5.62. The van der Waals surface area contributed by atoms with Gasteiger partial charge in [-0.3, -0.25) is 0 Å². The van der Waals surface area contributed by atoms with Crippen LogP contribution in [0.25, 0.3) is 0 Å². The summed E-state index contributed by atoms with van der Waals surface area (Å²) in [6.45, 7) is 4.06. The molecule has 2 N–H and O–H groups in total. The Balaban J connectivity index is 2.19. The fourth-order valence-corrected chi connectivity index (χ4v) is 1.57. The largest absolute Gasteiger partial charge is 0.491 e. The van der Waals surface area contributed by atoms with Crippen molar-refractivity contribution in [2.45, 2.75) is 38.3 Å². The van der Waals surface area contributed by atoms with E-state index >= 15 is 0 Å². The minimum Gasteiger partial charge on any atom is -0.491 e. The first-order valence-corrected chi connectivity index (χ1v) is 5.16. The quantitative estimate of drug-likeness (QED) is 0.796. The Morgan fingerprint density at radius 2 is 2.07 bits per heavy atom. The molecule has 2 nitrogen and oxygen atoms in total. The van der Waals surface area contributed by atoms with E-state index < -0.39 is 0 Å². The molecule has 1 aliphatic rings. The molecule has 1 saturated carbocycles. The summed E-state index contributed by atoms with van der Waals surface area (Å²) in [5.74, 6) is 0.925. The van der Waals surface area contributed by atoms with Gasteiger partial charge in [0.25, 0.3) is 0 Å². The van der Waals surface area contributed by atoms with Crippen molar-refractivity contribution < 1.29 is 4.74 Å². The number of hydrogen-bond acceptors (Lipinski definition) is 2. The maximum atomic E-state index is 6.11. The molecule has 1 fully saturated rings. The molecule has 0 bridgehead atoms. The lowest BCUT2D eigenvalue weighted by Crippen LogP contribution is -2.18. The van der Waals surface area contributed by atoms with Crippen LogP contribution in [0.3, 0.4) is 0 Å². The lowest BCUT2D eigenvalue weighted by atomic mass is 10.1. The van der Waals surface area contributed by atoms with Gasteiger partial charge in [-0.05, 0) is 44.4 Å². The van der Waals surface area contributed by atoms with Crippen molar-refractivity contribution in [2.75, 3.05) is 0 Å². The molecule has 1 aliphatic carbocycles. The van der Waals surface area contributed by atoms with E-state index in [4.69, 9.17) is 10.5 Å². The van der Waals surface area contributed by atoms with Crippen LogP contribution in [0.2, 0.25) is 0 Å². The molecule has 1 aromatic rings. The fourth-order valence-electron chi connectivity index (χ4n) is 1.57. The minimum atomic E-state index is -0.0592. The zero-order valence-corrected chi connectivity index (χ0v) is 8.79. The smallest absolute Gasteiger partial charge is 0.120 e. The van der Waals surface area contributed by atoms with Gasteiger partial charge in [0.2, 0.25) is 0 Å². The molecule has 2 rings (SSSR count). The number of benzene rings is 1. The Kier molecular flexibility index (Phi) is 2.23. The van der Waals surface area contributed by atoms with Gasteiger partial charge < -0.3 is 10.5 Å². The predicted octanol–water partition coefficient (Wildman–Crippen LogP) is 2.42. The molecule has 0 aromatic heterocycles. The van der Waals surface area contributed by atoms with Gasteiger partial charge in [0, 0.05) is 5.54 Å². The molecule has 76 valence electrons. The van der Waals surface area contributed by atoms with E-state index in [0.29, 0.717) is 0 Å². The topological polar surface area (TPSA) is 35.2 Å². The average molecular weight is 191 g/mol. The van der Waals surface area contributed by atoms with Crippen LogP contribution in [0.4, 0.5) is 0 Å². The van der Waals surface area contributed by atoms with Gasteiger partial charge >= 0.3 is 0 Å². The lowest BCUT2D eigenvalue weighted by Gasteiger charge is -2.13. The van der Waals surface area contributed by atoms with Crippen LogP contribution < -0.4 is 10.5 Å². The fraction of sp³-hybridized carbons (Fsp3) is 0.500. The summed E-state index contributed by atoms with van der Waals surface area (Å²) >= 11 is 0. The maximum Gasteiger partial charge on any atom is 0.120 e. The van der Waals surface area contributed by atoms with Crippen LogP contribution in [-0.2, 0) is 5.54 Å². The molecule has 2 heteroatoms. The zero-order valence-electron chi connectivity index (χ0n) is 8.79. The van der Waals surface area contributed by atoms with E-state index in [1.807, 2.05) is 26.0 Å². The summed E-state index contributed by atoms with van der Waals surface area (Å²) in [6, 6.07) is 8.14. The summed E-state index contributed by atoms with van der Waals surface area (Å²) in [5, 5.41) is 0. The van der Waals surface area contributed by atoms with Crippen molar-refractivity contribution in [3.8, 4) is 5.75 Å². The van der Waals surface area contributed by atoms with Gasteiger partial charge in [-0.25, -0.2) is 0 Å². The average Bonchev–Trinajstić information content (AvgIpc) is 2.84. The van der Waals surface area contributed by atoms with Gasteiger partial charge in [-0.2, -0.15) is 0 Å². The Morgan fingerprint density at radius 3 is 2.64 bits per heavy atom. The number of nitrogens with two attached hydrogens (primary N) is 1. The Hall–Kier alpha value is -1.02. The van der Waals surface area contributed by atoms with E-state index in [0.717, 1.165) is 18.6 Å². The van der Waals surface area contributed by atoms with Crippen molar-refractivity contribution in [1.82, 2.24) is 0 Å². The molecule has 0 spiro atoms. The first-order valence-electron chi connectivity index (χ1n) is 5.16. The van der Waals surface area contributed by atoms with Gasteiger partial charge in [0.1, 0.15) is 5.75 Å². The molecule has 0 radical (unpaired) electrons. The molecule has 0 unspecified atom stereocenters. The molecule has 0 saturated heterocycles. The first kappa shape index (κ1) is 9.53. The van der Waals surface area contributed by atoms with E-state index in [2.05, 4.69) is 12.1 Å². The van der Waals surface area contributed by atoms with Gasteiger partial charge in [-0.1, -0.05) is 12.1 Å². The highest BCUT2D eigenvalue weighted by Crippen LogP contribution is 2.43. The second-order valence-corrected chi connectivity index (χ2v) is 4.35. The third kappa shape index (κ3) is 1.90. The molecule has 0 aliphatic heterocycles. The normalized spacial score (nSPS) is 18.3.